The molecule has 126 valence electrons. The number of ether oxygens (including phenoxy) is 2. The second kappa shape index (κ2) is 9.73. The average molecular weight is 340 g/mol. The van der Waals surface area contributed by atoms with Crippen LogP contribution in [0.5, 0.6) is 5.75 Å². The molecule has 0 spiro atoms. The second-order valence-electron chi connectivity index (χ2n) is 4.44. The molecule has 0 atom stereocenters. The molecule has 0 aliphatic rings. The molecule has 0 saturated heterocycles. The number of thioether (sulfide) groups is 1. The third kappa shape index (κ3) is 7.05. The first kappa shape index (κ1) is 18.8. The molecule has 0 fully saturated rings. The van der Waals surface area contributed by atoms with Crippen LogP contribution in [-0.4, -0.2) is 43.0 Å². The van der Waals surface area contributed by atoms with Crippen molar-refractivity contribution in [2.45, 2.75) is 13.8 Å². The lowest BCUT2D eigenvalue weighted by Crippen LogP contribution is -2.17. The third-order valence-electron chi connectivity index (χ3n) is 2.55. The number of carbonyl (C=O) groups is 3. The Morgan fingerprint density at radius 1 is 1.17 bits per heavy atom. The van der Waals surface area contributed by atoms with Crippen molar-refractivity contribution in [1.82, 2.24) is 0 Å². The number of amides is 2. The minimum Gasteiger partial charge on any atom is -0.495 e. The van der Waals surface area contributed by atoms with Gasteiger partial charge in [-0.25, -0.2) is 0 Å². The van der Waals surface area contributed by atoms with E-state index in [0.29, 0.717) is 23.7 Å². The summed E-state index contributed by atoms with van der Waals surface area (Å²) in [5, 5.41) is 5.32. The second-order valence-corrected chi connectivity index (χ2v) is 5.43. The van der Waals surface area contributed by atoms with Gasteiger partial charge in [-0.3, -0.25) is 14.4 Å². The number of nitrogens with one attached hydrogen (secondary N) is 2. The van der Waals surface area contributed by atoms with E-state index in [2.05, 4.69) is 10.6 Å². The Morgan fingerprint density at radius 3 is 2.52 bits per heavy atom. The summed E-state index contributed by atoms with van der Waals surface area (Å²) >= 11 is 1.16. The predicted octanol–water partition coefficient (Wildman–Crippen LogP) is 1.89. The lowest BCUT2D eigenvalue weighted by molar-refractivity contribution is -0.139. The fourth-order valence-electron chi connectivity index (χ4n) is 1.70. The van der Waals surface area contributed by atoms with Crippen LogP contribution in [-0.2, 0) is 19.1 Å². The third-order valence-corrected chi connectivity index (χ3v) is 3.46. The van der Waals surface area contributed by atoms with Crippen LogP contribution in [0.4, 0.5) is 11.4 Å². The normalized spacial score (nSPS) is 9.87. The average Bonchev–Trinajstić information content (AvgIpc) is 2.47. The molecule has 2 N–H and O–H groups in total. The van der Waals surface area contributed by atoms with E-state index in [1.54, 1.807) is 25.1 Å². The van der Waals surface area contributed by atoms with E-state index in [1.165, 1.54) is 14.0 Å². The molecule has 8 heteroatoms. The molecule has 0 saturated carbocycles. The van der Waals surface area contributed by atoms with Gasteiger partial charge < -0.3 is 20.1 Å². The molecular weight excluding hydrogens is 320 g/mol. The van der Waals surface area contributed by atoms with Gasteiger partial charge in [0.25, 0.3) is 0 Å². The van der Waals surface area contributed by atoms with Crippen molar-refractivity contribution in [2.24, 2.45) is 0 Å². The highest BCUT2D eigenvalue weighted by atomic mass is 32.2. The molecule has 7 nitrogen and oxygen atoms in total. The number of benzene rings is 1. The number of hydrogen-bond donors (Lipinski definition) is 2. The highest BCUT2D eigenvalue weighted by Gasteiger charge is 2.11. The van der Waals surface area contributed by atoms with Gasteiger partial charge in [-0.1, -0.05) is 0 Å². The molecule has 0 unspecified atom stereocenters. The van der Waals surface area contributed by atoms with Gasteiger partial charge in [0.2, 0.25) is 11.8 Å². The number of esters is 1. The topological polar surface area (TPSA) is 93.7 Å². The lowest BCUT2D eigenvalue weighted by atomic mass is 10.2. The molecule has 0 aromatic heterocycles. The fraction of sp³-hybridized carbons (Fsp3) is 0.400. The SMILES string of the molecule is CCOC(=O)CSCC(=O)Nc1cc(NC(C)=O)ccc1OC. The lowest BCUT2D eigenvalue weighted by Gasteiger charge is -2.12. The van der Waals surface area contributed by atoms with Crippen molar-refractivity contribution >= 4 is 40.9 Å². The maximum Gasteiger partial charge on any atom is 0.315 e. The monoisotopic (exact) mass is 340 g/mol. The first-order chi connectivity index (χ1) is 11.0. The van der Waals surface area contributed by atoms with Crippen molar-refractivity contribution in [3.8, 4) is 5.75 Å². The summed E-state index contributed by atoms with van der Waals surface area (Å²) in [6.07, 6.45) is 0. The summed E-state index contributed by atoms with van der Waals surface area (Å²) in [7, 11) is 1.48. The van der Waals surface area contributed by atoms with E-state index >= 15 is 0 Å². The van der Waals surface area contributed by atoms with E-state index in [9.17, 15) is 14.4 Å². The van der Waals surface area contributed by atoms with Gasteiger partial charge in [-0.05, 0) is 25.1 Å². The van der Waals surface area contributed by atoms with Gasteiger partial charge in [0, 0.05) is 12.6 Å². The number of anilines is 2. The van der Waals surface area contributed by atoms with E-state index in [1.807, 2.05) is 0 Å². The Hall–Kier alpha value is -2.22. The Kier molecular flexibility index (Phi) is 7.96. The maximum atomic E-state index is 11.9. The molecule has 1 aromatic carbocycles. The highest BCUT2D eigenvalue weighted by Crippen LogP contribution is 2.28. The van der Waals surface area contributed by atoms with Crippen LogP contribution in [0.15, 0.2) is 18.2 Å². The summed E-state index contributed by atoms with van der Waals surface area (Å²) in [5.74, 6) is -0.148. The zero-order valence-corrected chi connectivity index (χ0v) is 14.1. The van der Waals surface area contributed by atoms with Crippen molar-refractivity contribution < 1.29 is 23.9 Å². The van der Waals surface area contributed by atoms with Gasteiger partial charge in [0.15, 0.2) is 0 Å². The van der Waals surface area contributed by atoms with Gasteiger partial charge >= 0.3 is 5.97 Å². The largest absolute Gasteiger partial charge is 0.495 e. The van der Waals surface area contributed by atoms with Crippen LogP contribution in [0.3, 0.4) is 0 Å². The van der Waals surface area contributed by atoms with Gasteiger partial charge in [-0.2, -0.15) is 0 Å². The Bertz CT molecular complexity index is 577. The van der Waals surface area contributed by atoms with Gasteiger partial charge in [0.05, 0.1) is 30.9 Å². The zero-order chi connectivity index (χ0) is 17.2. The molecule has 0 heterocycles. The first-order valence-electron chi connectivity index (χ1n) is 6.95. The van der Waals surface area contributed by atoms with E-state index < -0.39 is 0 Å². The fourth-order valence-corrected chi connectivity index (χ4v) is 2.31. The Labute approximate surface area is 139 Å². The van der Waals surface area contributed by atoms with E-state index in [4.69, 9.17) is 9.47 Å². The molecule has 0 bridgehead atoms. The Morgan fingerprint density at radius 2 is 1.91 bits per heavy atom. The number of carbonyl (C=O) groups excluding carboxylic acids is 3. The highest BCUT2D eigenvalue weighted by molar-refractivity contribution is 8.00. The van der Waals surface area contributed by atoms with E-state index in [-0.39, 0.29) is 29.3 Å². The van der Waals surface area contributed by atoms with Gasteiger partial charge in [-0.15, -0.1) is 11.8 Å². The molecular formula is C15H20N2O5S. The standard InChI is InChI=1S/C15H20N2O5S/c1-4-22-15(20)9-23-8-14(19)17-12-7-11(16-10(2)18)5-6-13(12)21-3/h5-7H,4,8-9H2,1-3H3,(H,16,18)(H,17,19). The summed E-state index contributed by atoms with van der Waals surface area (Å²) < 4.78 is 9.95. The minimum atomic E-state index is -0.351. The molecule has 2 amide bonds. The Balaban J connectivity index is 2.61. The van der Waals surface area contributed by atoms with Crippen molar-refractivity contribution in [1.29, 1.82) is 0 Å². The maximum absolute atomic E-state index is 11.9. The van der Waals surface area contributed by atoms with Gasteiger partial charge in [0.1, 0.15) is 5.75 Å². The van der Waals surface area contributed by atoms with Crippen LogP contribution in [0.2, 0.25) is 0 Å². The number of hydrogen-bond acceptors (Lipinski definition) is 6. The summed E-state index contributed by atoms with van der Waals surface area (Å²) in [6.45, 7) is 3.44. The number of methoxy groups -OCH3 is 1. The first-order valence-corrected chi connectivity index (χ1v) is 8.10. The van der Waals surface area contributed by atoms with Crippen LogP contribution in [0, 0.1) is 0 Å². The molecule has 1 aromatic rings. The molecule has 23 heavy (non-hydrogen) atoms. The molecule has 0 radical (unpaired) electrons. The van der Waals surface area contributed by atoms with Crippen molar-refractivity contribution in [2.75, 3.05) is 35.9 Å². The van der Waals surface area contributed by atoms with Crippen LogP contribution >= 0.6 is 11.8 Å². The van der Waals surface area contributed by atoms with Crippen molar-refractivity contribution in [3.05, 3.63) is 18.2 Å². The summed E-state index contributed by atoms with van der Waals surface area (Å²) in [6, 6.07) is 4.92. The smallest absolute Gasteiger partial charge is 0.315 e. The molecule has 0 aliphatic carbocycles. The van der Waals surface area contributed by atoms with Crippen LogP contribution in [0.1, 0.15) is 13.8 Å². The van der Waals surface area contributed by atoms with Crippen LogP contribution in [0.25, 0.3) is 0 Å². The van der Waals surface area contributed by atoms with Crippen LogP contribution < -0.4 is 15.4 Å². The minimum absolute atomic E-state index is 0.104. The number of rotatable bonds is 8. The summed E-state index contributed by atoms with van der Waals surface area (Å²) in [5.41, 5.74) is 0.994. The summed E-state index contributed by atoms with van der Waals surface area (Å²) in [4.78, 5) is 34.2. The molecule has 1 rings (SSSR count). The quantitative estimate of drug-likeness (QED) is 0.702. The van der Waals surface area contributed by atoms with Crippen molar-refractivity contribution in [3.63, 3.8) is 0 Å². The van der Waals surface area contributed by atoms with E-state index in [0.717, 1.165) is 11.8 Å². The molecule has 0 aliphatic heterocycles. The predicted molar refractivity (Wildman–Crippen MR) is 89.9 cm³/mol. The zero-order valence-electron chi connectivity index (χ0n) is 13.3.